The van der Waals surface area contributed by atoms with Crippen LogP contribution in [0.4, 0.5) is 5.69 Å². The van der Waals surface area contributed by atoms with Gasteiger partial charge >= 0.3 is 5.97 Å². The van der Waals surface area contributed by atoms with Gasteiger partial charge in [-0.05, 0) is 29.3 Å². The number of aliphatic carboxylic acids is 1. The number of carbonyl (C=O) groups excluding carboxylic acids is 1. The Kier molecular flexibility index (Phi) is 4.92. The number of hydrogen-bond acceptors (Lipinski definition) is 6. The molecule has 0 saturated heterocycles. The molecule has 1 aliphatic heterocycles. The monoisotopic (exact) mass is 312 g/mol. The molecule has 0 aliphatic carbocycles. The smallest absolute Gasteiger partial charge is 0.303 e. The predicted octanol–water partition coefficient (Wildman–Crippen LogP) is 0.770. The molecule has 1 heterocycles. The first-order valence-corrected chi connectivity index (χ1v) is 7.54. The first kappa shape index (κ1) is 15.5. The standard InChI is InChI=1S/C13H15NO6S/c15-11(2-4-13(16)17)9-1-3-12-10(7-9)14(5-6-20-12)8-21(18)19/h1,3,7H,2,4-6,8H2,(H,16,17)(H,18,19)/p-1. The zero-order valence-corrected chi connectivity index (χ0v) is 11.9. The van der Waals surface area contributed by atoms with E-state index in [1.807, 2.05) is 0 Å². The Balaban J connectivity index is 2.21. The maximum Gasteiger partial charge on any atom is 0.303 e. The molecule has 1 unspecified atom stereocenters. The van der Waals surface area contributed by atoms with Crippen LogP contribution in [-0.4, -0.2) is 44.6 Å². The van der Waals surface area contributed by atoms with E-state index in [2.05, 4.69) is 0 Å². The van der Waals surface area contributed by atoms with Crippen molar-refractivity contribution in [2.24, 2.45) is 0 Å². The summed E-state index contributed by atoms with van der Waals surface area (Å²) in [6.07, 6.45) is -0.330. The van der Waals surface area contributed by atoms with Crippen LogP contribution in [-0.2, 0) is 15.9 Å². The largest absolute Gasteiger partial charge is 0.771 e. The molecule has 1 aromatic rings. The highest BCUT2D eigenvalue weighted by molar-refractivity contribution is 7.79. The Labute approximate surface area is 123 Å². The van der Waals surface area contributed by atoms with Crippen molar-refractivity contribution in [2.75, 3.05) is 23.9 Å². The summed E-state index contributed by atoms with van der Waals surface area (Å²) >= 11 is -2.24. The van der Waals surface area contributed by atoms with Crippen LogP contribution >= 0.6 is 0 Å². The first-order valence-electron chi connectivity index (χ1n) is 6.30. The molecule has 114 valence electrons. The molecule has 0 aromatic heterocycles. The first-order chi connectivity index (χ1) is 9.97. The topological polar surface area (TPSA) is 107 Å². The lowest BCUT2D eigenvalue weighted by Crippen LogP contribution is -2.35. The van der Waals surface area contributed by atoms with Crippen molar-refractivity contribution in [1.29, 1.82) is 0 Å². The van der Waals surface area contributed by atoms with Crippen LogP contribution in [0.15, 0.2) is 18.2 Å². The molecule has 8 heteroatoms. The summed E-state index contributed by atoms with van der Waals surface area (Å²) in [4.78, 5) is 24.0. The number of carboxylic acids is 1. The number of nitrogens with zero attached hydrogens (tertiary/aromatic N) is 1. The number of carboxylic acid groups (broad SMARTS) is 1. The van der Waals surface area contributed by atoms with Gasteiger partial charge in [-0.1, -0.05) is 0 Å². The number of carbonyl (C=O) groups is 2. The fourth-order valence-corrected chi connectivity index (χ4v) is 2.60. The average molecular weight is 312 g/mol. The molecule has 0 fully saturated rings. The van der Waals surface area contributed by atoms with Gasteiger partial charge in [0, 0.05) is 12.0 Å². The summed E-state index contributed by atoms with van der Waals surface area (Å²) in [6.45, 7) is 0.782. The second kappa shape index (κ2) is 6.68. The maximum atomic E-state index is 11.9. The zero-order valence-electron chi connectivity index (χ0n) is 11.1. The molecule has 2 rings (SSSR count). The summed E-state index contributed by atoms with van der Waals surface area (Å²) in [6, 6.07) is 4.70. The lowest BCUT2D eigenvalue weighted by Gasteiger charge is -2.32. The van der Waals surface area contributed by atoms with Crippen molar-refractivity contribution >= 4 is 28.5 Å². The van der Waals surface area contributed by atoms with E-state index in [-0.39, 0.29) is 24.5 Å². The Morgan fingerprint density at radius 1 is 1.38 bits per heavy atom. The quantitative estimate of drug-likeness (QED) is 0.610. The lowest BCUT2D eigenvalue weighted by atomic mass is 10.0. The Morgan fingerprint density at radius 3 is 2.81 bits per heavy atom. The van der Waals surface area contributed by atoms with Crippen molar-refractivity contribution in [1.82, 2.24) is 0 Å². The van der Waals surface area contributed by atoms with Crippen LogP contribution in [0.5, 0.6) is 5.75 Å². The fraction of sp³-hybridized carbons (Fsp3) is 0.385. The van der Waals surface area contributed by atoms with Crippen LogP contribution in [0.1, 0.15) is 23.2 Å². The Morgan fingerprint density at radius 2 is 2.14 bits per heavy atom. The molecule has 1 N–H and O–H groups in total. The van der Waals surface area contributed by atoms with Crippen LogP contribution < -0.4 is 9.64 Å². The number of Topliss-reactive ketones (excluding diaryl/α,β-unsaturated/α-hetero) is 1. The highest BCUT2D eigenvalue weighted by atomic mass is 32.2. The SMILES string of the molecule is O=C(O)CCC(=O)c1ccc2c(c1)N(CS(=O)[O-])CCO2. The minimum absolute atomic E-state index is 0.0948. The van der Waals surface area contributed by atoms with Gasteiger partial charge < -0.3 is 19.3 Å². The number of anilines is 1. The predicted molar refractivity (Wildman–Crippen MR) is 74.3 cm³/mol. The minimum Gasteiger partial charge on any atom is -0.771 e. The van der Waals surface area contributed by atoms with Gasteiger partial charge in [-0.15, -0.1) is 0 Å². The van der Waals surface area contributed by atoms with E-state index in [0.717, 1.165) is 0 Å². The van der Waals surface area contributed by atoms with Crippen molar-refractivity contribution in [3.63, 3.8) is 0 Å². The summed E-state index contributed by atoms with van der Waals surface area (Å²) in [7, 11) is 0. The molecule has 0 spiro atoms. The molecule has 0 radical (unpaired) electrons. The Hall–Kier alpha value is -1.93. The molecule has 21 heavy (non-hydrogen) atoms. The van der Waals surface area contributed by atoms with E-state index in [4.69, 9.17) is 9.84 Å². The van der Waals surface area contributed by atoms with Crippen LogP contribution in [0.25, 0.3) is 0 Å². The van der Waals surface area contributed by atoms with E-state index in [1.165, 1.54) is 0 Å². The van der Waals surface area contributed by atoms with Gasteiger partial charge in [-0.2, -0.15) is 0 Å². The van der Waals surface area contributed by atoms with E-state index in [1.54, 1.807) is 23.1 Å². The average Bonchev–Trinajstić information content (AvgIpc) is 2.44. The minimum atomic E-state index is -2.24. The Bertz CT molecular complexity index is 588. The zero-order chi connectivity index (χ0) is 15.4. The third-order valence-electron chi connectivity index (χ3n) is 3.07. The van der Waals surface area contributed by atoms with Crippen molar-refractivity contribution in [2.45, 2.75) is 12.8 Å². The lowest BCUT2D eigenvalue weighted by molar-refractivity contribution is -0.136. The second-order valence-electron chi connectivity index (χ2n) is 4.54. The molecule has 1 atom stereocenters. The van der Waals surface area contributed by atoms with E-state index < -0.39 is 17.0 Å². The molecule has 0 amide bonds. The van der Waals surface area contributed by atoms with Crippen molar-refractivity contribution < 1.29 is 28.2 Å². The van der Waals surface area contributed by atoms with Gasteiger partial charge in [-0.3, -0.25) is 13.8 Å². The number of rotatable bonds is 6. The molecule has 0 bridgehead atoms. The number of ether oxygens (including phenoxy) is 1. The fourth-order valence-electron chi connectivity index (χ4n) is 2.07. The van der Waals surface area contributed by atoms with Gasteiger partial charge in [0.25, 0.3) is 0 Å². The third kappa shape index (κ3) is 4.02. The number of fused-ring (bicyclic) bond motifs is 1. The molecule has 0 saturated carbocycles. The summed E-state index contributed by atoms with van der Waals surface area (Å²) < 4.78 is 27.1. The summed E-state index contributed by atoms with van der Waals surface area (Å²) in [5.74, 6) is -0.994. The van der Waals surface area contributed by atoms with E-state index in [0.29, 0.717) is 30.2 Å². The molecular weight excluding hydrogens is 298 g/mol. The third-order valence-corrected chi connectivity index (χ3v) is 3.59. The normalized spacial score (nSPS) is 15.0. The molecule has 1 aromatic carbocycles. The number of benzene rings is 1. The molecule has 1 aliphatic rings. The molecular formula is C13H14NO6S-. The number of hydrogen-bond donors (Lipinski definition) is 1. The van der Waals surface area contributed by atoms with Crippen LogP contribution in [0.3, 0.4) is 0 Å². The second-order valence-corrected chi connectivity index (χ2v) is 5.41. The van der Waals surface area contributed by atoms with Gasteiger partial charge in [-0.25, -0.2) is 0 Å². The van der Waals surface area contributed by atoms with Crippen molar-refractivity contribution in [3.8, 4) is 5.75 Å². The van der Waals surface area contributed by atoms with Gasteiger partial charge in [0.15, 0.2) is 5.78 Å². The van der Waals surface area contributed by atoms with E-state index >= 15 is 0 Å². The highest BCUT2D eigenvalue weighted by Crippen LogP contribution is 2.32. The van der Waals surface area contributed by atoms with Gasteiger partial charge in [0.2, 0.25) is 0 Å². The highest BCUT2D eigenvalue weighted by Gasteiger charge is 2.20. The van der Waals surface area contributed by atoms with Gasteiger partial charge in [0.1, 0.15) is 12.4 Å². The number of ketones is 1. The van der Waals surface area contributed by atoms with Gasteiger partial charge in [0.05, 0.1) is 24.5 Å². The molecule has 7 nitrogen and oxygen atoms in total. The van der Waals surface area contributed by atoms with Crippen LogP contribution in [0.2, 0.25) is 0 Å². The van der Waals surface area contributed by atoms with Crippen LogP contribution in [0, 0.1) is 0 Å². The summed E-state index contributed by atoms with van der Waals surface area (Å²) in [5.41, 5.74) is 0.883. The van der Waals surface area contributed by atoms with Crippen molar-refractivity contribution in [3.05, 3.63) is 23.8 Å². The van der Waals surface area contributed by atoms with E-state index in [9.17, 15) is 18.4 Å². The summed E-state index contributed by atoms with van der Waals surface area (Å²) in [5, 5.41) is 8.59. The maximum absolute atomic E-state index is 11.9.